The van der Waals surface area contributed by atoms with E-state index in [1.807, 2.05) is 20.0 Å². The van der Waals surface area contributed by atoms with Crippen LogP contribution in [0.2, 0.25) is 0 Å². The molecule has 0 aliphatic carbocycles. The molecule has 1 aromatic carbocycles. The largest absolute Gasteiger partial charge is 0.507 e. The lowest BCUT2D eigenvalue weighted by Crippen LogP contribution is -2.23. The molecule has 2 rings (SSSR count). The van der Waals surface area contributed by atoms with Crippen molar-refractivity contribution in [2.45, 2.75) is 20.3 Å². The summed E-state index contributed by atoms with van der Waals surface area (Å²) in [6.45, 7) is 9.23. The van der Waals surface area contributed by atoms with Crippen LogP contribution in [0.4, 0.5) is 0 Å². The van der Waals surface area contributed by atoms with Gasteiger partial charge in [-0.3, -0.25) is 4.99 Å². The van der Waals surface area contributed by atoms with Crippen LogP contribution in [0.3, 0.4) is 0 Å². The van der Waals surface area contributed by atoms with Crippen molar-refractivity contribution in [1.29, 1.82) is 5.41 Å². The van der Waals surface area contributed by atoms with Crippen molar-refractivity contribution >= 4 is 11.4 Å². The molecule has 0 aromatic heterocycles. The molecule has 0 fully saturated rings. The molecular formula is C21H29N3O2. The Morgan fingerprint density at radius 3 is 2.69 bits per heavy atom. The highest BCUT2D eigenvalue weighted by Gasteiger charge is 2.12. The highest BCUT2D eigenvalue weighted by atomic mass is 16.5. The van der Waals surface area contributed by atoms with Gasteiger partial charge in [-0.15, -0.1) is 0 Å². The second-order valence-electron chi connectivity index (χ2n) is 5.76. The Labute approximate surface area is 156 Å². The number of aliphatic imine (C=N–C) groups is 1. The zero-order valence-electron chi connectivity index (χ0n) is 16.1. The SMILES string of the molecule is C=CC1=C(/C=C\C)CCN=C1CNC.COc1ccc(C(C)=N)c(O)c1. The van der Waals surface area contributed by atoms with E-state index in [-0.39, 0.29) is 5.75 Å². The Balaban J connectivity index is 0.000000263. The smallest absolute Gasteiger partial charge is 0.128 e. The molecule has 1 aromatic rings. The number of rotatable bonds is 6. The monoisotopic (exact) mass is 355 g/mol. The van der Waals surface area contributed by atoms with Gasteiger partial charge in [-0.1, -0.05) is 24.8 Å². The molecule has 0 amide bonds. The highest BCUT2D eigenvalue weighted by molar-refractivity contribution is 6.05. The third-order valence-corrected chi connectivity index (χ3v) is 3.87. The van der Waals surface area contributed by atoms with Crippen molar-refractivity contribution in [3.8, 4) is 11.5 Å². The van der Waals surface area contributed by atoms with E-state index < -0.39 is 0 Å². The number of hydrogen-bond acceptors (Lipinski definition) is 5. The molecule has 5 nitrogen and oxygen atoms in total. The maximum Gasteiger partial charge on any atom is 0.128 e. The topological polar surface area (TPSA) is 77.7 Å². The fourth-order valence-corrected chi connectivity index (χ4v) is 2.61. The summed E-state index contributed by atoms with van der Waals surface area (Å²) in [6, 6.07) is 4.87. The van der Waals surface area contributed by atoms with E-state index in [1.165, 1.54) is 24.3 Å². The number of nitrogens with one attached hydrogen (secondary N) is 2. The highest BCUT2D eigenvalue weighted by Crippen LogP contribution is 2.23. The molecule has 0 saturated heterocycles. The van der Waals surface area contributed by atoms with E-state index in [0.717, 1.165) is 25.2 Å². The number of benzene rings is 1. The predicted octanol–water partition coefficient (Wildman–Crippen LogP) is 3.90. The molecule has 0 atom stereocenters. The average Bonchev–Trinajstić information content (AvgIpc) is 2.62. The number of aromatic hydroxyl groups is 1. The average molecular weight is 355 g/mol. The Bertz CT molecular complexity index is 731. The summed E-state index contributed by atoms with van der Waals surface area (Å²) in [7, 11) is 3.47. The van der Waals surface area contributed by atoms with E-state index in [4.69, 9.17) is 10.1 Å². The lowest BCUT2D eigenvalue weighted by atomic mass is 9.97. The van der Waals surface area contributed by atoms with Gasteiger partial charge < -0.3 is 20.6 Å². The van der Waals surface area contributed by atoms with E-state index in [1.54, 1.807) is 19.1 Å². The molecule has 3 N–H and O–H groups in total. The predicted molar refractivity (Wildman–Crippen MR) is 110 cm³/mol. The minimum atomic E-state index is 0.0850. The summed E-state index contributed by atoms with van der Waals surface area (Å²) in [5.41, 5.74) is 4.55. The molecular weight excluding hydrogens is 326 g/mol. The van der Waals surface area contributed by atoms with Crippen LogP contribution in [0.25, 0.3) is 0 Å². The second-order valence-corrected chi connectivity index (χ2v) is 5.76. The molecule has 0 spiro atoms. The van der Waals surface area contributed by atoms with Crippen molar-refractivity contribution in [3.63, 3.8) is 0 Å². The summed E-state index contributed by atoms with van der Waals surface area (Å²) in [5.74, 6) is 0.680. The van der Waals surface area contributed by atoms with Gasteiger partial charge in [-0.25, -0.2) is 0 Å². The molecule has 0 saturated carbocycles. The molecule has 0 radical (unpaired) electrons. The van der Waals surface area contributed by atoms with Crippen LogP contribution in [-0.2, 0) is 0 Å². The first-order valence-corrected chi connectivity index (χ1v) is 8.57. The molecule has 140 valence electrons. The van der Waals surface area contributed by atoms with Gasteiger partial charge in [-0.2, -0.15) is 0 Å². The number of methoxy groups -OCH3 is 1. The van der Waals surface area contributed by atoms with Gasteiger partial charge in [0, 0.05) is 30.4 Å². The number of ether oxygens (including phenoxy) is 1. The normalized spacial score (nSPS) is 13.8. The van der Waals surface area contributed by atoms with Crippen molar-refractivity contribution in [2.75, 3.05) is 27.2 Å². The fraction of sp³-hybridized carbons (Fsp3) is 0.333. The Hall–Kier alpha value is -2.66. The number of dihydropyridines is 1. The van der Waals surface area contributed by atoms with Crippen LogP contribution >= 0.6 is 0 Å². The van der Waals surface area contributed by atoms with E-state index in [9.17, 15) is 5.11 Å². The van der Waals surface area contributed by atoms with Gasteiger partial charge in [-0.05, 0) is 50.6 Å². The van der Waals surface area contributed by atoms with Crippen molar-refractivity contribution in [1.82, 2.24) is 5.32 Å². The lowest BCUT2D eigenvalue weighted by Gasteiger charge is -2.16. The summed E-state index contributed by atoms with van der Waals surface area (Å²) >= 11 is 0. The number of nitrogens with zero attached hydrogens (tertiary/aromatic N) is 1. The quantitative estimate of drug-likeness (QED) is 0.677. The Kier molecular flexibility index (Phi) is 9.09. The minimum absolute atomic E-state index is 0.0850. The van der Waals surface area contributed by atoms with Crippen molar-refractivity contribution in [3.05, 3.63) is 59.7 Å². The van der Waals surface area contributed by atoms with Crippen molar-refractivity contribution in [2.24, 2.45) is 4.99 Å². The minimum Gasteiger partial charge on any atom is -0.507 e. The zero-order chi connectivity index (χ0) is 19.5. The first-order valence-electron chi connectivity index (χ1n) is 8.57. The van der Waals surface area contributed by atoms with Gasteiger partial charge in [0.05, 0.1) is 12.8 Å². The maximum absolute atomic E-state index is 9.37. The number of phenolic OH excluding ortho intramolecular Hbond substituents is 1. The fourth-order valence-electron chi connectivity index (χ4n) is 2.61. The lowest BCUT2D eigenvalue weighted by molar-refractivity contribution is 0.407. The van der Waals surface area contributed by atoms with Crippen LogP contribution in [0.5, 0.6) is 11.5 Å². The molecule has 5 heteroatoms. The molecule has 1 aliphatic rings. The summed E-state index contributed by atoms with van der Waals surface area (Å²) in [6.07, 6.45) is 7.16. The standard InChI is InChI=1S/C12H18N2.C9H11NO2/c1-4-6-10-7-8-14-12(9-13-3)11(10)5-2;1-6(10)8-4-3-7(12-2)5-9(8)11/h4-6,13H,2,7-9H2,1,3H3;3-5,10-11H,1-2H3/b6-4-;. The van der Waals surface area contributed by atoms with Crippen LogP contribution in [-0.4, -0.2) is 43.8 Å². The van der Waals surface area contributed by atoms with E-state index in [2.05, 4.69) is 29.0 Å². The first kappa shape index (κ1) is 21.4. The van der Waals surface area contributed by atoms with Crippen LogP contribution < -0.4 is 10.1 Å². The van der Waals surface area contributed by atoms with Gasteiger partial charge in [0.2, 0.25) is 0 Å². The number of phenols is 1. The molecule has 1 heterocycles. The molecule has 0 bridgehead atoms. The van der Waals surface area contributed by atoms with E-state index >= 15 is 0 Å². The van der Waals surface area contributed by atoms with Gasteiger partial charge in [0.15, 0.2) is 0 Å². The maximum atomic E-state index is 9.37. The van der Waals surface area contributed by atoms with Crippen LogP contribution in [0.15, 0.2) is 59.1 Å². The van der Waals surface area contributed by atoms with Gasteiger partial charge in [0.1, 0.15) is 11.5 Å². The third kappa shape index (κ3) is 6.01. The second kappa shape index (κ2) is 11.1. The molecule has 1 aliphatic heterocycles. The van der Waals surface area contributed by atoms with Gasteiger partial charge >= 0.3 is 0 Å². The Morgan fingerprint density at radius 2 is 2.19 bits per heavy atom. The Morgan fingerprint density at radius 1 is 1.46 bits per heavy atom. The van der Waals surface area contributed by atoms with E-state index in [0.29, 0.717) is 17.0 Å². The number of hydrogen-bond donors (Lipinski definition) is 3. The summed E-state index contributed by atoms with van der Waals surface area (Å²) < 4.78 is 4.90. The number of allylic oxidation sites excluding steroid dienone is 3. The molecule has 26 heavy (non-hydrogen) atoms. The molecule has 0 unspecified atom stereocenters. The van der Waals surface area contributed by atoms with Crippen molar-refractivity contribution < 1.29 is 9.84 Å². The third-order valence-electron chi connectivity index (χ3n) is 3.87. The zero-order valence-corrected chi connectivity index (χ0v) is 16.1. The van der Waals surface area contributed by atoms with Crippen LogP contribution in [0.1, 0.15) is 25.8 Å². The first-order chi connectivity index (χ1) is 12.5. The summed E-state index contributed by atoms with van der Waals surface area (Å²) in [4.78, 5) is 4.50. The van der Waals surface area contributed by atoms with Crippen LogP contribution in [0, 0.1) is 5.41 Å². The van der Waals surface area contributed by atoms with Gasteiger partial charge in [0.25, 0.3) is 0 Å². The summed E-state index contributed by atoms with van der Waals surface area (Å²) in [5, 5.41) is 19.8.